The molecule has 2 atom stereocenters. The van der Waals surface area contributed by atoms with Crippen LogP contribution in [0, 0.1) is 0 Å². The number of halogens is 1. The highest BCUT2D eigenvalue weighted by Crippen LogP contribution is 2.38. The Labute approximate surface area is 186 Å². The fourth-order valence-corrected chi connectivity index (χ4v) is 5.44. The third-order valence-corrected chi connectivity index (χ3v) is 7.23. The van der Waals surface area contributed by atoms with Gasteiger partial charge in [0, 0.05) is 16.5 Å². The molecule has 7 nitrogen and oxygen atoms in total. The van der Waals surface area contributed by atoms with E-state index in [1.165, 1.54) is 11.3 Å². The van der Waals surface area contributed by atoms with Crippen LogP contribution in [-0.4, -0.2) is 40.0 Å². The van der Waals surface area contributed by atoms with Gasteiger partial charge in [0.15, 0.2) is 0 Å². The lowest BCUT2D eigenvalue weighted by Crippen LogP contribution is -2.57. The molecule has 9 heteroatoms. The van der Waals surface area contributed by atoms with Crippen molar-refractivity contribution in [1.29, 1.82) is 0 Å². The number of nitrogens with zero attached hydrogens (tertiary/aromatic N) is 1. The van der Waals surface area contributed by atoms with Crippen molar-refractivity contribution in [2.45, 2.75) is 31.7 Å². The Morgan fingerprint density at radius 3 is 2.71 bits per heavy atom. The molecule has 2 unspecified atom stereocenters. The number of carbonyl (C=O) groups is 3. The molecular formula is C22H17ClN2O5S. The second-order valence-corrected chi connectivity index (χ2v) is 8.92. The van der Waals surface area contributed by atoms with E-state index < -0.39 is 24.1 Å². The van der Waals surface area contributed by atoms with E-state index in [0.717, 1.165) is 19.9 Å². The molecule has 31 heavy (non-hydrogen) atoms. The van der Waals surface area contributed by atoms with Crippen molar-refractivity contribution in [2.24, 2.45) is 0 Å². The molecule has 3 aromatic rings. The van der Waals surface area contributed by atoms with Gasteiger partial charge < -0.3 is 15.2 Å². The minimum atomic E-state index is -1.30. The summed E-state index contributed by atoms with van der Waals surface area (Å²) in [5, 5.41) is 14.1. The van der Waals surface area contributed by atoms with Crippen molar-refractivity contribution in [3.05, 3.63) is 63.5 Å². The molecule has 0 saturated carbocycles. The molecule has 0 radical (unpaired) electrons. The standard InChI is InChI=1S/C22H17ClN2O5S/c23-19-11-4-1-2-7-15(11)31-16(19)10-30-14-6-3-5-12-18(14)22(29)25(21(12)28)13-8-9-17(26)24-20(13)27/h1-7,13,20,27H,8-10H2,(H,24,26). The zero-order valence-corrected chi connectivity index (χ0v) is 17.7. The Hall–Kier alpha value is -2.94. The first-order valence-electron chi connectivity index (χ1n) is 9.72. The Bertz CT molecular complexity index is 1240. The number of benzene rings is 2. The highest BCUT2D eigenvalue weighted by molar-refractivity contribution is 7.19. The maximum atomic E-state index is 13.2. The van der Waals surface area contributed by atoms with E-state index in [-0.39, 0.29) is 42.2 Å². The molecule has 1 fully saturated rings. The van der Waals surface area contributed by atoms with Gasteiger partial charge >= 0.3 is 0 Å². The normalized spacial score (nSPS) is 20.8. The lowest BCUT2D eigenvalue weighted by Gasteiger charge is -2.33. The van der Waals surface area contributed by atoms with Gasteiger partial charge in [-0.25, -0.2) is 0 Å². The van der Waals surface area contributed by atoms with Crippen LogP contribution in [0.3, 0.4) is 0 Å². The molecule has 2 aliphatic rings. The van der Waals surface area contributed by atoms with E-state index >= 15 is 0 Å². The number of ether oxygens (including phenoxy) is 1. The van der Waals surface area contributed by atoms with Crippen molar-refractivity contribution in [1.82, 2.24) is 10.2 Å². The zero-order chi connectivity index (χ0) is 21.7. The van der Waals surface area contributed by atoms with Gasteiger partial charge in [-0.3, -0.25) is 19.3 Å². The van der Waals surface area contributed by atoms with Crippen LogP contribution in [0.4, 0.5) is 0 Å². The molecule has 1 saturated heterocycles. The molecule has 2 aliphatic heterocycles. The molecule has 0 bridgehead atoms. The van der Waals surface area contributed by atoms with E-state index in [0.29, 0.717) is 5.02 Å². The van der Waals surface area contributed by atoms with Gasteiger partial charge in [-0.15, -0.1) is 11.3 Å². The summed E-state index contributed by atoms with van der Waals surface area (Å²) in [5.41, 5.74) is 0.378. The smallest absolute Gasteiger partial charge is 0.265 e. The van der Waals surface area contributed by atoms with Crippen LogP contribution in [0.5, 0.6) is 5.75 Å². The predicted octanol–water partition coefficient (Wildman–Crippen LogP) is 3.33. The summed E-state index contributed by atoms with van der Waals surface area (Å²) in [5.74, 6) is -1.09. The fraction of sp³-hybridized carbons (Fsp3) is 0.227. The van der Waals surface area contributed by atoms with Gasteiger partial charge in [0.05, 0.1) is 27.1 Å². The molecule has 3 heterocycles. The van der Waals surface area contributed by atoms with Crippen LogP contribution in [0.1, 0.15) is 38.4 Å². The lowest BCUT2D eigenvalue weighted by atomic mass is 10.0. The molecule has 0 aliphatic carbocycles. The van der Waals surface area contributed by atoms with Crippen LogP contribution in [0.2, 0.25) is 5.02 Å². The summed E-state index contributed by atoms with van der Waals surface area (Å²) in [4.78, 5) is 39.4. The minimum Gasteiger partial charge on any atom is -0.487 e. The number of carbonyl (C=O) groups excluding carboxylic acids is 3. The van der Waals surface area contributed by atoms with Gasteiger partial charge in [-0.05, 0) is 24.6 Å². The summed E-state index contributed by atoms with van der Waals surface area (Å²) in [7, 11) is 0. The van der Waals surface area contributed by atoms with Crippen molar-refractivity contribution >= 4 is 50.7 Å². The van der Waals surface area contributed by atoms with Gasteiger partial charge in [0.2, 0.25) is 5.91 Å². The first kappa shape index (κ1) is 20.0. The monoisotopic (exact) mass is 456 g/mol. The summed E-state index contributed by atoms with van der Waals surface area (Å²) >= 11 is 7.99. The first-order valence-corrected chi connectivity index (χ1v) is 10.9. The number of hydrogen-bond acceptors (Lipinski definition) is 6. The molecule has 5 rings (SSSR count). The Balaban J connectivity index is 1.43. The predicted molar refractivity (Wildman–Crippen MR) is 115 cm³/mol. The van der Waals surface area contributed by atoms with Gasteiger partial charge in [0.25, 0.3) is 11.8 Å². The molecule has 3 amide bonds. The van der Waals surface area contributed by atoms with Crippen LogP contribution in [0.15, 0.2) is 42.5 Å². The number of fused-ring (bicyclic) bond motifs is 2. The quantitative estimate of drug-likeness (QED) is 0.587. The number of aliphatic hydroxyl groups excluding tert-OH is 1. The first-order chi connectivity index (χ1) is 15.0. The maximum Gasteiger partial charge on any atom is 0.265 e. The van der Waals surface area contributed by atoms with Crippen LogP contribution >= 0.6 is 22.9 Å². The van der Waals surface area contributed by atoms with E-state index in [9.17, 15) is 19.5 Å². The van der Waals surface area contributed by atoms with Crippen molar-refractivity contribution in [3.8, 4) is 5.75 Å². The molecule has 1 aromatic heterocycles. The molecule has 2 aromatic carbocycles. The third-order valence-electron chi connectivity index (χ3n) is 5.54. The Morgan fingerprint density at radius 2 is 1.94 bits per heavy atom. The van der Waals surface area contributed by atoms with Crippen LogP contribution < -0.4 is 10.1 Å². The summed E-state index contributed by atoms with van der Waals surface area (Å²) in [6, 6.07) is 11.8. The second kappa shape index (κ2) is 7.64. The highest BCUT2D eigenvalue weighted by Gasteiger charge is 2.45. The summed E-state index contributed by atoms with van der Waals surface area (Å²) in [6.45, 7) is 0.151. The third kappa shape index (κ3) is 3.27. The maximum absolute atomic E-state index is 13.2. The van der Waals surface area contributed by atoms with Crippen molar-refractivity contribution in [3.63, 3.8) is 0 Å². The van der Waals surface area contributed by atoms with E-state index in [2.05, 4.69) is 5.32 Å². The average molecular weight is 457 g/mol. The molecule has 2 N–H and O–H groups in total. The summed E-state index contributed by atoms with van der Waals surface area (Å²) in [6.07, 6.45) is -0.972. The zero-order valence-electron chi connectivity index (χ0n) is 16.1. The molecular weight excluding hydrogens is 440 g/mol. The van der Waals surface area contributed by atoms with Gasteiger partial charge in [-0.1, -0.05) is 35.9 Å². The SMILES string of the molecule is O=C1CCC(N2C(=O)c3cccc(OCc4sc5ccccc5c4Cl)c3C2=O)C(O)N1. The Kier molecular flexibility index (Phi) is 4.92. The fourth-order valence-electron chi connectivity index (χ4n) is 4.04. The number of rotatable bonds is 4. The van der Waals surface area contributed by atoms with Gasteiger partial charge in [-0.2, -0.15) is 0 Å². The number of aliphatic hydroxyl groups is 1. The van der Waals surface area contributed by atoms with Crippen molar-refractivity contribution < 1.29 is 24.2 Å². The number of thiophene rings is 1. The number of imide groups is 1. The highest BCUT2D eigenvalue weighted by atomic mass is 35.5. The van der Waals surface area contributed by atoms with Crippen LogP contribution in [-0.2, 0) is 11.4 Å². The van der Waals surface area contributed by atoms with Crippen molar-refractivity contribution in [2.75, 3.05) is 0 Å². The number of nitrogens with one attached hydrogen (secondary N) is 1. The van der Waals surface area contributed by atoms with E-state index in [4.69, 9.17) is 16.3 Å². The largest absolute Gasteiger partial charge is 0.487 e. The number of hydrogen-bond donors (Lipinski definition) is 2. The topological polar surface area (TPSA) is 95.9 Å². The Morgan fingerprint density at radius 1 is 1.13 bits per heavy atom. The number of piperidine rings is 1. The van der Waals surface area contributed by atoms with E-state index in [1.54, 1.807) is 18.2 Å². The second-order valence-electron chi connectivity index (χ2n) is 7.40. The molecule has 158 valence electrons. The van der Waals surface area contributed by atoms with Crippen LogP contribution in [0.25, 0.3) is 10.1 Å². The number of amides is 3. The lowest BCUT2D eigenvalue weighted by molar-refractivity contribution is -0.129. The minimum absolute atomic E-state index is 0.128. The van der Waals surface area contributed by atoms with E-state index in [1.807, 2.05) is 24.3 Å². The van der Waals surface area contributed by atoms with Gasteiger partial charge in [0.1, 0.15) is 18.6 Å². The summed E-state index contributed by atoms with van der Waals surface area (Å²) < 4.78 is 6.97. The molecule has 0 spiro atoms. The average Bonchev–Trinajstić information content (AvgIpc) is 3.21.